The van der Waals surface area contributed by atoms with Crippen molar-refractivity contribution in [2.45, 2.75) is 6.42 Å². The summed E-state index contributed by atoms with van der Waals surface area (Å²) in [6.45, 7) is 0.871. The van der Waals surface area contributed by atoms with Gasteiger partial charge in [-0.1, -0.05) is 6.07 Å². The summed E-state index contributed by atoms with van der Waals surface area (Å²) in [6, 6.07) is 10.8. The highest BCUT2D eigenvalue weighted by atomic mass is 19.1. The van der Waals surface area contributed by atoms with E-state index in [0.29, 0.717) is 0 Å². The van der Waals surface area contributed by atoms with Gasteiger partial charge in [-0.15, -0.1) is 0 Å². The molecule has 0 saturated carbocycles. The zero-order valence-electron chi connectivity index (χ0n) is 8.73. The first-order valence-corrected chi connectivity index (χ1v) is 5.31. The van der Waals surface area contributed by atoms with E-state index in [1.807, 2.05) is 24.3 Å². The Kier molecular flexibility index (Phi) is 2.10. The minimum absolute atomic E-state index is 0.165. The highest BCUT2D eigenvalue weighted by Crippen LogP contribution is 2.33. The summed E-state index contributed by atoms with van der Waals surface area (Å²) in [4.78, 5) is 6.43. The normalized spacial score (nSPS) is 13.9. The van der Waals surface area contributed by atoms with Crippen molar-refractivity contribution in [3.8, 4) is 0 Å². The first kappa shape index (κ1) is 9.33. The molecule has 1 aromatic heterocycles. The summed E-state index contributed by atoms with van der Waals surface area (Å²) in [5.41, 5.74) is 2.13. The molecule has 0 N–H and O–H groups in total. The molecule has 2 heterocycles. The predicted octanol–water partition coefficient (Wildman–Crippen LogP) is 2.91. The van der Waals surface area contributed by atoms with E-state index in [4.69, 9.17) is 0 Å². The highest BCUT2D eigenvalue weighted by molar-refractivity contribution is 5.67. The van der Waals surface area contributed by atoms with Gasteiger partial charge in [0, 0.05) is 18.4 Å². The summed E-state index contributed by atoms with van der Waals surface area (Å²) in [6.07, 6.45) is 2.65. The van der Waals surface area contributed by atoms with Crippen molar-refractivity contribution in [1.82, 2.24) is 4.98 Å². The third-order valence-corrected chi connectivity index (χ3v) is 2.86. The van der Waals surface area contributed by atoms with Crippen molar-refractivity contribution in [3.63, 3.8) is 0 Å². The molecule has 0 fully saturated rings. The molecular formula is C13H11FN2. The van der Waals surface area contributed by atoms with Gasteiger partial charge >= 0.3 is 0 Å². The van der Waals surface area contributed by atoms with Gasteiger partial charge < -0.3 is 4.90 Å². The average Bonchev–Trinajstić information content (AvgIpc) is 2.73. The van der Waals surface area contributed by atoms with Crippen LogP contribution in [0.25, 0.3) is 0 Å². The molecule has 0 radical (unpaired) electrons. The van der Waals surface area contributed by atoms with Crippen molar-refractivity contribution < 1.29 is 4.39 Å². The van der Waals surface area contributed by atoms with Gasteiger partial charge in [-0.2, -0.15) is 0 Å². The molecule has 3 rings (SSSR count). The molecule has 0 bridgehead atoms. The van der Waals surface area contributed by atoms with Crippen LogP contribution in [0.4, 0.5) is 15.9 Å². The van der Waals surface area contributed by atoms with Gasteiger partial charge in [0.25, 0.3) is 0 Å². The first-order chi connectivity index (χ1) is 7.84. The topological polar surface area (TPSA) is 16.1 Å². The Bertz CT molecular complexity index is 511. The van der Waals surface area contributed by atoms with Crippen molar-refractivity contribution in [2.75, 3.05) is 11.4 Å². The van der Waals surface area contributed by atoms with Crippen molar-refractivity contribution >= 4 is 11.5 Å². The van der Waals surface area contributed by atoms with Gasteiger partial charge in [-0.05, 0) is 42.3 Å². The fourth-order valence-electron chi connectivity index (χ4n) is 2.12. The van der Waals surface area contributed by atoms with E-state index in [9.17, 15) is 4.39 Å². The lowest BCUT2D eigenvalue weighted by Crippen LogP contribution is -2.14. The van der Waals surface area contributed by atoms with Crippen LogP contribution in [0.5, 0.6) is 0 Å². The maximum atomic E-state index is 13.1. The van der Waals surface area contributed by atoms with E-state index >= 15 is 0 Å². The molecule has 2 aromatic rings. The number of hydrogen-bond donors (Lipinski definition) is 0. The van der Waals surface area contributed by atoms with Crippen LogP contribution in [0.2, 0.25) is 0 Å². The lowest BCUT2D eigenvalue weighted by molar-refractivity contribution is 0.626. The van der Waals surface area contributed by atoms with Crippen LogP contribution in [0.1, 0.15) is 5.56 Å². The molecule has 0 spiro atoms. The highest BCUT2D eigenvalue weighted by Gasteiger charge is 2.21. The molecule has 0 unspecified atom stereocenters. The molecule has 3 heteroatoms. The maximum absolute atomic E-state index is 13.1. The standard InChI is InChI=1S/C13H11FN2/c14-11-4-5-12-10(9-11)6-8-16(12)13-3-1-2-7-15-13/h1-5,7,9H,6,8H2. The van der Waals surface area contributed by atoms with Crippen LogP contribution in [0.3, 0.4) is 0 Å². The van der Waals surface area contributed by atoms with E-state index in [1.54, 1.807) is 12.3 Å². The van der Waals surface area contributed by atoms with Crippen LogP contribution in [-0.4, -0.2) is 11.5 Å². The Balaban J connectivity index is 2.04. The van der Waals surface area contributed by atoms with Crippen molar-refractivity contribution in [2.24, 2.45) is 0 Å². The Morgan fingerprint density at radius 1 is 1.19 bits per heavy atom. The Hall–Kier alpha value is -1.90. The Morgan fingerprint density at radius 3 is 2.94 bits per heavy atom. The minimum Gasteiger partial charge on any atom is -0.326 e. The van der Waals surface area contributed by atoms with Gasteiger partial charge in [-0.25, -0.2) is 9.37 Å². The Morgan fingerprint density at radius 2 is 2.12 bits per heavy atom. The number of nitrogens with zero attached hydrogens (tertiary/aromatic N) is 2. The third-order valence-electron chi connectivity index (χ3n) is 2.86. The molecule has 1 aromatic carbocycles. The van der Waals surface area contributed by atoms with Crippen molar-refractivity contribution in [3.05, 3.63) is 54.0 Å². The number of hydrogen-bond acceptors (Lipinski definition) is 2. The SMILES string of the molecule is Fc1ccc2c(c1)CCN2c1ccccn1. The van der Waals surface area contributed by atoms with Crippen LogP contribution >= 0.6 is 0 Å². The van der Waals surface area contributed by atoms with E-state index in [2.05, 4.69) is 9.88 Å². The van der Waals surface area contributed by atoms with Crippen LogP contribution in [0.15, 0.2) is 42.6 Å². The maximum Gasteiger partial charge on any atom is 0.132 e. The molecule has 0 saturated heterocycles. The Labute approximate surface area is 93.4 Å². The monoisotopic (exact) mass is 214 g/mol. The number of anilines is 2. The number of fused-ring (bicyclic) bond motifs is 1. The second-order valence-corrected chi connectivity index (χ2v) is 3.86. The second kappa shape index (κ2) is 3.59. The molecule has 1 aliphatic rings. The largest absolute Gasteiger partial charge is 0.326 e. The van der Waals surface area contributed by atoms with Gasteiger partial charge in [0.05, 0.1) is 0 Å². The van der Waals surface area contributed by atoms with Crippen LogP contribution < -0.4 is 4.90 Å². The van der Waals surface area contributed by atoms with Gasteiger partial charge in [0.1, 0.15) is 11.6 Å². The zero-order chi connectivity index (χ0) is 11.0. The number of benzene rings is 1. The lowest BCUT2D eigenvalue weighted by atomic mass is 10.2. The number of rotatable bonds is 1. The van der Waals surface area contributed by atoms with Gasteiger partial charge in [0.15, 0.2) is 0 Å². The molecule has 0 aliphatic carbocycles. The summed E-state index contributed by atoms with van der Waals surface area (Å²) in [7, 11) is 0. The fourth-order valence-corrected chi connectivity index (χ4v) is 2.12. The van der Waals surface area contributed by atoms with Gasteiger partial charge in [-0.3, -0.25) is 0 Å². The number of aromatic nitrogens is 1. The quantitative estimate of drug-likeness (QED) is 0.725. The summed E-state index contributed by atoms with van der Waals surface area (Å²) < 4.78 is 13.1. The van der Waals surface area contributed by atoms with E-state index in [-0.39, 0.29) is 5.82 Å². The molecule has 0 amide bonds. The average molecular weight is 214 g/mol. The molecule has 1 aliphatic heterocycles. The van der Waals surface area contributed by atoms with E-state index in [1.165, 1.54) is 6.07 Å². The second-order valence-electron chi connectivity index (χ2n) is 3.86. The summed E-state index contributed by atoms with van der Waals surface area (Å²) >= 11 is 0. The fraction of sp³-hybridized carbons (Fsp3) is 0.154. The molecule has 2 nitrogen and oxygen atoms in total. The molecule has 16 heavy (non-hydrogen) atoms. The first-order valence-electron chi connectivity index (χ1n) is 5.31. The summed E-state index contributed by atoms with van der Waals surface area (Å²) in [5.74, 6) is 0.759. The third kappa shape index (κ3) is 1.45. The number of pyridine rings is 1. The van der Waals surface area contributed by atoms with E-state index < -0.39 is 0 Å². The van der Waals surface area contributed by atoms with E-state index in [0.717, 1.165) is 30.0 Å². The zero-order valence-corrected chi connectivity index (χ0v) is 8.73. The lowest BCUT2D eigenvalue weighted by Gasteiger charge is -2.17. The van der Waals surface area contributed by atoms with Crippen LogP contribution in [-0.2, 0) is 6.42 Å². The molecule has 0 atom stereocenters. The van der Waals surface area contributed by atoms with Crippen molar-refractivity contribution in [1.29, 1.82) is 0 Å². The van der Waals surface area contributed by atoms with Gasteiger partial charge in [0.2, 0.25) is 0 Å². The minimum atomic E-state index is -0.165. The predicted molar refractivity (Wildman–Crippen MR) is 61.3 cm³/mol. The smallest absolute Gasteiger partial charge is 0.132 e. The molecular weight excluding hydrogens is 203 g/mol. The molecule has 80 valence electrons. The summed E-state index contributed by atoms with van der Waals surface area (Å²) in [5, 5.41) is 0. The number of halogens is 1. The van der Waals surface area contributed by atoms with Crippen LogP contribution in [0, 0.1) is 5.82 Å².